The van der Waals surface area contributed by atoms with Gasteiger partial charge in [-0.3, -0.25) is 4.79 Å². The summed E-state index contributed by atoms with van der Waals surface area (Å²) >= 11 is 0. The summed E-state index contributed by atoms with van der Waals surface area (Å²) in [6.45, 7) is 7.12. The molecule has 1 heteroatoms. The van der Waals surface area contributed by atoms with Crippen molar-refractivity contribution in [1.82, 2.24) is 0 Å². The van der Waals surface area contributed by atoms with E-state index in [0.29, 0.717) is 27.9 Å². The van der Waals surface area contributed by atoms with Crippen molar-refractivity contribution in [3.63, 3.8) is 0 Å². The molecule has 2 fully saturated rings. The molecule has 1 nitrogen and oxygen atoms in total. The zero-order valence-electron chi connectivity index (χ0n) is 9.97. The molecule has 0 N–H and O–H groups in total. The van der Waals surface area contributed by atoms with Crippen LogP contribution in [0, 0.1) is 22.2 Å². The molecule has 3 aliphatic carbocycles. The van der Waals surface area contributed by atoms with E-state index >= 15 is 0 Å². The van der Waals surface area contributed by atoms with E-state index in [1.807, 2.05) is 6.08 Å². The number of rotatable bonds is 0. The van der Waals surface area contributed by atoms with Crippen molar-refractivity contribution in [2.45, 2.75) is 46.5 Å². The van der Waals surface area contributed by atoms with Gasteiger partial charge >= 0.3 is 0 Å². The Bertz CT molecular complexity index is 366. The number of hydrogen-bond acceptors (Lipinski definition) is 1. The smallest absolute Gasteiger partial charge is 0.159 e. The number of ketones is 1. The van der Waals surface area contributed by atoms with Gasteiger partial charge in [0.2, 0.25) is 0 Å². The Morgan fingerprint density at radius 1 is 1.27 bits per heavy atom. The van der Waals surface area contributed by atoms with E-state index in [2.05, 4.69) is 26.8 Å². The molecule has 0 saturated heterocycles. The Morgan fingerprint density at radius 3 is 2.73 bits per heavy atom. The SMILES string of the molecule is CC1(C)CCC[C@]2(C)C=CC(=O)[C@H]3C[C@@]312. The van der Waals surface area contributed by atoms with Crippen molar-refractivity contribution in [1.29, 1.82) is 0 Å². The molecule has 0 aliphatic heterocycles. The monoisotopic (exact) mass is 204 g/mol. The molecule has 0 bridgehead atoms. The fraction of sp³-hybridized carbons (Fsp3) is 0.786. The average Bonchev–Trinajstić information content (AvgIpc) is 2.88. The summed E-state index contributed by atoms with van der Waals surface area (Å²) < 4.78 is 0. The first-order chi connectivity index (χ1) is 6.93. The summed E-state index contributed by atoms with van der Waals surface area (Å²) in [6, 6.07) is 0. The van der Waals surface area contributed by atoms with Crippen LogP contribution >= 0.6 is 0 Å². The highest BCUT2D eigenvalue weighted by atomic mass is 16.1. The van der Waals surface area contributed by atoms with Crippen LogP contribution in [0.3, 0.4) is 0 Å². The number of hydrogen-bond donors (Lipinski definition) is 0. The van der Waals surface area contributed by atoms with Crippen molar-refractivity contribution in [3.05, 3.63) is 12.2 Å². The van der Waals surface area contributed by atoms with Crippen molar-refractivity contribution >= 4 is 5.78 Å². The molecule has 0 aromatic rings. The molecular weight excluding hydrogens is 184 g/mol. The zero-order chi connectivity index (χ0) is 10.9. The molecule has 0 aromatic carbocycles. The van der Waals surface area contributed by atoms with E-state index in [-0.39, 0.29) is 0 Å². The fourth-order valence-electron chi connectivity index (χ4n) is 4.72. The van der Waals surface area contributed by atoms with Crippen LogP contribution < -0.4 is 0 Å². The second kappa shape index (κ2) is 2.39. The van der Waals surface area contributed by atoms with Crippen molar-refractivity contribution in [3.8, 4) is 0 Å². The lowest BCUT2D eigenvalue weighted by atomic mass is 9.51. The molecule has 3 aliphatic rings. The number of carbonyl (C=O) groups is 1. The Labute approximate surface area is 91.9 Å². The molecule has 2 saturated carbocycles. The van der Waals surface area contributed by atoms with Gasteiger partial charge in [0.05, 0.1) is 0 Å². The van der Waals surface area contributed by atoms with Gasteiger partial charge in [0, 0.05) is 5.92 Å². The molecule has 0 amide bonds. The standard InChI is InChI=1S/C14H20O/c1-12(2)6-4-7-13(3)8-5-11(15)10-9-14(10,12)13/h5,8,10H,4,6-7,9H2,1-3H3/t10-,13-,14-/m1/s1. The van der Waals surface area contributed by atoms with Crippen LogP contribution in [0.25, 0.3) is 0 Å². The third kappa shape index (κ3) is 0.885. The highest BCUT2D eigenvalue weighted by molar-refractivity contribution is 5.96. The summed E-state index contributed by atoms with van der Waals surface area (Å²) in [5.74, 6) is 0.741. The summed E-state index contributed by atoms with van der Waals surface area (Å²) in [6.07, 6.45) is 9.10. The van der Waals surface area contributed by atoms with Crippen LogP contribution in [0.4, 0.5) is 0 Å². The van der Waals surface area contributed by atoms with Gasteiger partial charge < -0.3 is 0 Å². The molecule has 3 rings (SSSR count). The lowest BCUT2D eigenvalue weighted by molar-refractivity contribution is -0.120. The van der Waals surface area contributed by atoms with Crippen LogP contribution in [-0.2, 0) is 4.79 Å². The minimum Gasteiger partial charge on any atom is -0.295 e. The summed E-state index contributed by atoms with van der Waals surface area (Å²) in [5.41, 5.74) is 0.961. The maximum Gasteiger partial charge on any atom is 0.159 e. The maximum absolute atomic E-state index is 11.8. The predicted molar refractivity (Wildman–Crippen MR) is 60.4 cm³/mol. The average molecular weight is 204 g/mol. The minimum absolute atomic E-state index is 0.299. The lowest BCUT2D eigenvalue weighted by Gasteiger charge is -2.52. The number of allylic oxidation sites excluding steroid dienone is 2. The van der Waals surface area contributed by atoms with Crippen LogP contribution in [0.1, 0.15) is 46.5 Å². The summed E-state index contributed by atoms with van der Waals surface area (Å²) in [4.78, 5) is 11.8. The van der Waals surface area contributed by atoms with Gasteiger partial charge in [0.15, 0.2) is 5.78 Å². The lowest BCUT2D eigenvalue weighted by Crippen LogP contribution is -2.46. The van der Waals surface area contributed by atoms with E-state index < -0.39 is 0 Å². The highest BCUT2D eigenvalue weighted by Gasteiger charge is 2.73. The normalized spacial score (nSPS) is 50.9. The van der Waals surface area contributed by atoms with Gasteiger partial charge in [0.1, 0.15) is 0 Å². The van der Waals surface area contributed by atoms with Crippen LogP contribution in [0.5, 0.6) is 0 Å². The van der Waals surface area contributed by atoms with Gasteiger partial charge in [0.25, 0.3) is 0 Å². The highest BCUT2D eigenvalue weighted by Crippen LogP contribution is 2.78. The van der Waals surface area contributed by atoms with Gasteiger partial charge in [-0.05, 0) is 41.6 Å². The molecule has 0 heterocycles. The first-order valence-corrected chi connectivity index (χ1v) is 6.16. The third-order valence-electron chi connectivity index (χ3n) is 5.64. The first kappa shape index (κ1) is 9.62. The van der Waals surface area contributed by atoms with Gasteiger partial charge in [-0.2, -0.15) is 0 Å². The molecule has 0 unspecified atom stereocenters. The molecule has 0 radical (unpaired) electrons. The van der Waals surface area contributed by atoms with E-state index in [1.54, 1.807) is 0 Å². The minimum atomic E-state index is 0.299. The molecule has 0 aromatic heterocycles. The van der Waals surface area contributed by atoms with Gasteiger partial charge in [-0.1, -0.05) is 33.3 Å². The van der Waals surface area contributed by atoms with Gasteiger partial charge in [-0.25, -0.2) is 0 Å². The fourth-order valence-corrected chi connectivity index (χ4v) is 4.72. The molecule has 3 atom stereocenters. The molecule has 82 valence electrons. The zero-order valence-corrected chi connectivity index (χ0v) is 9.97. The van der Waals surface area contributed by atoms with E-state index in [1.165, 1.54) is 19.3 Å². The van der Waals surface area contributed by atoms with Crippen molar-refractivity contribution in [2.24, 2.45) is 22.2 Å². The Hall–Kier alpha value is -0.590. The molecular formula is C14H20O. The second-order valence-electron chi connectivity index (χ2n) is 6.62. The second-order valence-corrected chi connectivity index (χ2v) is 6.62. The molecule has 15 heavy (non-hydrogen) atoms. The topological polar surface area (TPSA) is 17.1 Å². The van der Waals surface area contributed by atoms with Crippen LogP contribution in [0.2, 0.25) is 0 Å². The Morgan fingerprint density at radius 2 is 2.00 bits per heavy atom. The molecule has 1 spiro atoms. The maximum atomic E-state index is 11.8. The van der Waals surface area contributed by atoms with E-state index in [9.17, 15) is 4.79 Å². The van der Waals surface area contributed by atoms with Crippen LogP contribution in [0.15, 0.2) is 12.2 Å². The Kier molecular flexibility index (Phi) is 1.53. The largest absolute Gasteiger partial charge is 0.295 e. The van der Waals surface area contributed by atoms with Crippen molar-refractivity contribution in [2.75, 3.05) is 0 Å². The van der Waals surface area contributed by atoms with Crippen LogP contribution in [-0.4, -0.2) is 5.78 Å². The first-order valence-electron chi connectivity index (χ1n) is 6.16. The predicted octanol–water partition coefficient (Wildman–Crippen LogP) is 3.35. The summed E-state index contributed by atoms with van der Waals surface area (Å²) in [7, 11) is 0. The quantitative estimate of drug-likeness (QED) is 0.591. The van der Waals surface area contributed by atoms with E-state index in [4.69, 9.17) is 0 Å². The van der Waals surface area contributed by atoms with Gasteiger partial charge in [-0.15, -0.1) is 0 Å². The third-order valence-corrected chi connectivity index (χ3v) is 5.64. The summed E-state index contributed by atoms with van der Waals surface area (Å²) in [5, 5.41) is 0. The van der Waals surface area contributed by atoms with E-state index in [0.717, 1.165) is 6.42 Å². The number of carbonyl (C=O) groups excluding carboxylic acids is 1. The Balaban J connectivity index is 2.14. The van der Waals surface area contributed by atoms with Crippen molar-refractivity contribution < 1.29 is 4.79 Å².